The van der Waals surface area contributed by atoms with E-state index < -0.39 is 10.0 Å². The number of benzene rings is 1. The van der Waals surface area contributed by atoms with Gasteiger partial charge in [-0.1, -0.05) is 28.1 Å². The average molecular weight is 352 g/mol. The van der Waals surface area contributed by atoms with E-state index in [1.165, 1.54) is 0 Å². The second-order valence-corrected chi connectivity index (χ2v) is 6.84. The topological polar surface area (TPSA) is 84.2 Å². The number of nitrogens with two attached hydrogens (primary N) is 1. The number of halogens is 1. The Morgan fingerprint density at radius 3 is 2.67 bits per heavy atom. The molecule has 0 bridgehead atoms. The molecule has 0 unspecified atom stereocenters. The summed E-state index contributed by atoms with van der Waals surface area (Å²) in [5.41, 5.74) is 7.10. The zero-order valence-corrected chi connectivity index (χ0v) is 13.0. The van der Waals surface area contributed by atoms with Crippen LogP contribution in [-0.2, 0) is 10.0 Å². The van der Waals surface area contributed by atoms with Gasteiger partial charge >= 0.3 is 0 Å². The Morgan fingerprint density at radius 2 is 2.11 bits per heavy atom. The van der Waals surface area contributed by atoms with E-state index in [-0.39, 0.29) is 0 Å². The highest BCUT2D eigenvalue weighted by Crippen LogP contribution is 2.21. The van der Waals surface area contributed by atoms with Crippen molar-refractivity contribution in [2.24, 2.45) is 5.73 Å². The maximum absolute atomic E-state index is 10.9. The van der Waals surface area contributed by atoms with Crippen molar-refractivity contribution in [3.8, 4) is 0 Å². The number of hydrogen-bond donors (Lipinski definition) is 3. The van der Waals surface area contributed by atoms with Crippen molar-refractivity contribution in [2.45, 2.75) is 0 Å². The maximum atomic E-state index is 10.9. The molecule has 0 heterocycles. The minimum atomic E-state index is -3.16. The van der Waals surface area contributed by atoms with Crippen molar-refractivity contribution in [1.29, 1.82) is 0 Å². The van der Waals surface area contributed by atoms with E-state index in [2.05, 4.69) is 26.0 Å². The third-order valence-electron chi connectivity index (χ3n) is 2.05. The normalized spacial score (nSPS) is 11.2. The van der Waals surface area contributed by atoms with Crippen LogP contribution in [0.1, 0.15) is 5.56 Å². The first kappa shape index (κ1) is 15.4. The van der Waals surface area contributed by atoms with E-state index in [0.29, 0.717) is 18.1 Å². The zero-order valence-electron chi connectivity index (χ0n) is 9.73. The minimum Gasteiger partial charge on any atom is -0.389 e. The van der Waals surface area contributed by atoms with Gasteiger partial charge in [-0.25, -0.2) is 13.1 Å². The highest BCUT2D eigenvalue weighted by molar-refractivity contribution is 9.10. The molecule has 0 aliphatic carbocycles. The summed E-state index contributed by atoms with van der Waals surface area (Å²) in [6.07, 6.45) is 1.12. The molecule has 0 aromatic heterocycles. The molecule has 0 saturated carbocycles. The van der Waals surface area contributed by atoms with Crippen LogP contribution < -0.4 is 15.8 Å². The molecule has 0 amide bonds. The van der Waals surface area contributed by atoms with Gasteiger partial charge in [0.1, 0.15) is 4.99 Å². The molecule has 1 rings (SSSR count). The lowest BCUT2D eigenvalue weighted by molar-refractivity contribution is 0.589. The van der Waals surface area contributed by atoms with Crippen LogP contribution in [-0.4, -0.2) is 32.8 Å². The summed E-state index contributed by atoms with van der Waals surface area (Å²) in [6.45, 7) is 0.737. The molecule has 5 nitrogen and oxygen atoms in total. The predicted molar refractivity (Wildman–Crippen MR) is 81.4 cm³/mol. The van der Waals surface area contributed by atoms with Crippen LogP contribution in [0.5, 0.6) is 0 Å². The molecule has 1 aromatic rings. The third-order valence-corrected chi connectivity index (χ3v) is 3.49. The zero-order chi connectivity index (χ0) is 13.8. The fourth-order valence-corrected chi connectivity index (χ4v) is 2.32. The standard InChI is InChI=1S/C10H14BrN3O2S2/c1-18(15,16)14-5-4-13-9-6-7(11)2-3-8(9)10(12)17/h2-3,6,13-14H,4-5H2,1H3,(H2,12,17). The molecule has 0 spiro atoms. The largest absolute Gasteiger partial charge is 0.389 e. The van der Waals surface area contributed by atoms with Crippen LogP contribution in [0.25, 0.3) is 0 Å². The van der Waals surface area contributed by atoms with Gasteiger partial charge in [0.05, 0.1) is 6.26 Å². The van der Waals surface area contributed by atoms with Gasteiger partial charge in [0, 0.05) is 28.8 Å². The summed E-state index contributed by atoms with van der Waals surface area (Å²) >= 11 is 8.29. The van der Waals surface area contributed by atoms with Crippen molar-refractivity contribution in [1.82, 2.24) is 4.72 Å². The van der Waals surface area contributed by atoms with E-state index >= 15 is 0 Å². The molecule has 0 fully saturated rings. The lowest BCUT2D eigenvalue weighted by atomic mass is 10.2. The van der Waals surface area contributed by atoms with Gasteiger partial charge in [-0.2, -0.15) is 0 Å². The van der Waals surface area contributed by atoms with Crippen LogP contribution in [0.3, 0.4) is 0 Å². The Morgan fingerprint density at radius 1 is 1.44 bits per heavy atom. The molecule has 18 heavy (non-hydrogen) atoms. The van der Waals surface area contributed by atoms with Crippen LogP contribution in [0.15, 0.2) is 22.7 Å². The average Bonchev–Trinajstić information content (AvgIpc) is 2.22. The van der Waals surface area contributed by atoms with Gasteiger partial charge in [-0.3, -0.25) is 0 Å². The third kappa shape index (κ3) is 5.30. The van der Waals surface area contributed by atoms with Gasteiger partial charge in [-0.15, -0.1) is 0 Å². The van der Waals surface area contributed by atoms with Gasteiger partial charge in [0.2, 0.25) is 10.0 Å². The summed E-state index contributed by atoms with van der Waals surface area (Å²) in [5.74, 6) is 0. The van der Waals surface area contributed by atoms with Crippen LogP contribution in [0, 0.1) is 0 Å². The number of nitrogens with one attached hydrogen (secondary N) is 2. The van der Waals surface area contributed by atoms with E-state index in [4.69, 9.17) is 18.0 Å². The number of rotatable bonds is 6. The molecule has 0 aliphatic heterocycles. The van der Waals surface area contributed by atoms with Crippen molar-refractivity contribution in [3.05, 3.63) is 28.2 Å². The lowest BCUT2D eigenvalue weighted by Crippen LogP contribution is -2.28. The number of thiocarbonyl (C=S) groups is 1. The van der Waals surface area contributed by atoms with Crippen molar-refractivity contribution in [2.75, 3.05) is 24.7 Å². The molecular weight excluding hydrogens is 338 g/mol. The fourth-order valence-electron chi connectivity index (χ4n) is 1.31. The van der Waals surface area contributed by atoms with Crippen molar-refractivity contribution >= 4 is 48.8 Å². The Labute approximate surface area is 120 Å². The van der Waals surface area contributed by atoms with Crippen molar-refractivity contribution < 1.29 is 8.42 Å². The summed E-state index contributed by atoms with van der Waals surface area (Å²) in [5, 5.41) is 3.08. The molecular formula is C10H14BrN3O2S2. The van der Waals surface area contributed by atoms with E-state index in [1.54, 1.807) is 6.07 Å². The Balaban J connectivity index is 2.66. The Bertz CT molecular complexity index is 546. The van der Waals surface area contributed by atoms with Gasteiger partial charge in [0.15, 0.2) is 0 Å². The van der Waals surface area contributed by atoms with E-state index in [9.17, 15) is 8.42 Å². The summed E-state index contributed by atoms with van der Waals surface area (Å²) in [6, 6.07) is 5.49. The molecule has 0 atom stereocenters. The SMILES string of the molecule is CS(=O)(=O)NCCNc1cc(Br)ccc1C(N)=S. The number of anilines is 1. The Kier molecular flexibility index (Phi) is 5.51. The summed E-state index contributed by atoms with van der Waals surface area (Å²) in [4.78, 5) is 0.293. The first-order valence-electron chi connectivity index (χ1n) is 5.07. The predicted octanol–water partition coefficient (Wildman–Crippen LogP) is 1.04. The minimum absolute atomic E-state index is 0.293. The smallest absolute Gasteiger partial charge is 0.208 e. The molecule has 100 valence electrons. The van der Waals surface area contributed by atoms with Gasteiger partial charge < -0.3 is 11.1 Å². The number of sulfonamides is 1. The monoisotopic (exact) mass is 351 g/mol. The summed E-state index contributed by atoms with van der Waals surface area (Å²) < 4.78 is 25.0. The van der Waals surface area contributed by atoms with E-state index in [0.717, 1.165) is 22.0 Å². The molecule has 4 N–H and O–H groups in total. The quantitative estimate of drug-likeness (QED) is 0.526. The molecule has 1 aromatic carbocycles. The molecule has 0 radical (unpaired) electrons. The van der Waals surface area contributed by atoms with Crippen LogP contribution in [0.2, 0.25) is 0 Å². The molecule has 0 aliphatic rings. The first-order chi connectivity index (χ1) is 8.29. The second kappa shape index (κ2) is 6.46. The number of hydrogen-bond acceptors (Lipinski definition) is 4. The van der Waals surface area contributed by atoms with Crippen LogP contribution in [0.4, 0.5) is 5.69 Å². The van der Waals surface area contributed by atoms with Gasteiger partial charge in [0.25, 0.3) is 0 Å². The van der Waals surface area contributed by atoms with E-state index in [1.807, 2.05) is 12.1 Å². The van der Waals surface area contributed by atoms with Crippen LogP contribution >= 0.6 is 28.1 Å². The lowest BCUT2D eigenvalue weighted by Gasteiger charge is -2.11. The van der Waals surface area contributed by atoms with Gasteiger partial charge in [-0.05, 0) is 18.2 Å². The molecule has 8 heteroatoms. The Hall–Kier alpha value is -0.700. The first-order valence-corrected chi connectivity index (χ1v) is 8.17. The van der Waals surface area contributed by atoms with Crippen molar-refractivity contribution in [3.63, 3.8) is 0 Å². The summed E-state index contributed by atoms with van der Waals surface area (Å²) in [7, 11) is -3.16. The molecule has 0 saturated heterocycles. The maximum Gasteiger partial charge on any atom is 0.208 e. The fraction of sp³-hybridized carbons (Fsp3) is 0.300. The highest BCUT2D eigenvalue weighted by Gasteiger charge is 2.06. The second-order valence-electron chi connectivity index (χ2n) is 3.65. The highest BCUT2D eigenvalue weighted by atomic mass is 79.9.